The molecular weight excluding hydrogens is 522 g/mol. The van der Waals surface area contributed by atoms with E-state index in [9.17, 15) is 13.2 Å². The maximum Gasteiger partial charge on any atom is 0.410 e. The number of ether oxygens (including phenoxy) is 1. The maximum atomic E-state index is 13.5. The van der Waals surface area contributed by atoms with E-state index in [1.54, 1.807) is 35.5 Å². The normalized spacial score (nSPS) is 15.3. The molecule has 0 aromatic carbocycles. The summed E-state index contributed by atoms with van der Waals surface area (Å²) in [4.78, 5) is 22.7. The summed E-state index contributed by atoms with van der Waals surface area (Å²) in [5.74, 6) is 0. The lowest BCUT2D eigenvalue weighted by Gasteiger charge is -2.33. The van der Waals surface area contributed by atoms with Crippen LogP contribution < -0.4 is 0 Å². The van der Waals surface area contributed by atoms with Gasteiger partial charge in [0.1, 0.15) is 16.6 Å². The summed E-state index contributed by atoms with van der Waals surface area (Å²) in [5.41, 5.74) is 2.14. The molecule has 0 spiro atoms. The molecule has 0 saturated carbocycles. The lowest BCUT2D eigenvalue weighted by molar-refractivity contribution is 0.0184. The van der Waals surface area contributed by atoms with Crippen LogP contribution in [0.15, 0.2) is 60.4 Å². The molecule has 0 unspecified atom stereocenters. The predicted molar refractivity (Wildman–Crippen MR) is 140 cm³/mol. The first kappa shape index (κ1) is 25.0. The van der Waals surface area contributed by atoms with Crippen molar-refractivity contribution in [1.29, 1.82) is 0 Å². The summed E-state index contributed by atoms with van der Waals surface area (Å²) in [6.07, 6.45) is 10.7. The lowest BCUT2D eigenvalue weighted by Crippen LogP contribution is -2.42. The third kappa shape index (κ3) is 4.60. The number of fused-ring (bicyclic) bond motifs is 2. The number of amides is 1. The molecule has 5 aromatic heterocycles. The van der Waals surface area contributed by atoms with E-state index in [1.165, 1.54) is 23.1 Å². The van der Waals surface area contributed by atoms with Gasteiger partial charge in [-0.25, -0.2) is 14.3 Å². The van der Waals surface area contributed by atoms with Gasteiger partial charge in [0.15, 0.2) is 10.7 Å². The van der Waals surface area contributed by atoms with E-state index in [4.69, 9.17) is 4.74 Å². The van der Waals surface area contributed by atoms with Gasteiger partial charge in [0.25, 0.3) is 0 Å². The zero-order valence-electron chi connectivity index (χ0n) is 21.7. The minimum atomic E-state index is -4.10. The van der Waals surface area contributed by atoms with Crippen molar-refractivity contribution >= 4 is 32.8 Å². The number of hydrogen-bond donors (Lipinski definition) is 0. The van der Waals surface area contributed by atoms with Gasteiger partial charge in [-0.3, -0.25) is 9.67 Å². The smallest absolute Gasteiger partial charge is 0.410 e. The predicted octanol–water partition coefficient (Wildman–Crippen LogP) is 3.15. The van der Waals surface area contributed by atoms with Crippen LogP contribution in [-0.4, -0.2) is 76.6 Å². The van der Waals surface area contributed by atoms with Crippen molar-refractivity contribution in [3.8, 4) is 11.1 Å². The number of imidazole rings is 1. The molecule has 0 atom stereocenters. The Hall–Kier alpha value is -4.33. The Balaban J connectivity index is 1.24. The highest BCUT2D eigenvalue weighted by Gasteiger charge is 2.29. The van der Waals surface area contributed by atoms with Gasteiger partial charge in [0, 0.05) is 42.8 Å². The molecule has 0 bridgehead atoms. The van der Waals surface area contributed by atoms with E-state index in [2.05, 4.69) is 25.3 Å². The highest BCUT2D eigenvalue weighted by atomic mass is 32.2. The number of hydrogen-bond acceptors (Lipinski definition) is 9. The summed E-state index contributed by atoms with van der Waals surface area (Å²) < 4.78 is 36.6. The zero-order chi connectivity index (χ0) is 27.4. The topological polar surface area (TPSA) is 142 Å². The van der Waals surface area contributed by atoms with E-state index in [-0.39, 0.29) is 17.2 Å². The Bertz CT molecular complexity index is 1790. The van der Waals surface area contributed by atoms with E-state index in [0.29, 0.717) is 35.3 Å². The number of carbonyl (C=O) groups excluding carboxylic acids is 1. The van der Waals surface area contributed by atoms with Crippen LogP contribution >= 0.6 is 0 Å². The second-order valence-corrected chi connectivity index (χ2v) is 12.1. The van der Waals surface area contributed by atoms with E-state index < -0.39 is 15.6 Å². The Morgan fingerprint density at radius 2 is 1.79 bits per heavy atom. The first-order chi connectivity index (χ1) is 18.6. The number of nitrogens with zero attached hydrogens (tertiary/aromatic N) is 9. The monoisotopic (exact) mass is 549 g/mol. The molecule has 1 fully saturated rings. The van der Waals surface area contributed by atoms with Gasteiger partial charge in [-0.2, -0.15) is 27.8 Å². The largest absolute Gasteiger partial charge is 0.444 e. The highest BCUT2D eigenvalue weighted by Crippen LogP contribution is 2.28. The third-order valence-electron chi connectivity index (χ3n) is 6.55. The molecule has 6 rings (SSSR count). The molecule has 6 heterocycles. The molecule has 13 nitrogen and oxygen atoms in total. The van der Waals surface area contributed by atoms with Crippen LogP contribution in [0, 0.1) is 0 Å². The Morgan fingerprint density at radius 1 is 1.00 bits per heavy atom. The average molecular weight is 550 g/mol. The molecule has 5 aromatic rings. The van der Waals surface area contributed by atoms with Gasteiger partial charge in [0.05, 0.1) is 24.6 Å². The molecule has 14 heteroatoms. The van der Waals surface area contributed by atoms with Gasteiger partial charge >= 0.3 is 16.1 Å². The van der Waals surface area contributed by atoms with Gasteiger partial charge in [-0.1, -0.05) is 0 Å². The number of pyridine rings is 1. The van der Waals surface area contributed by atoms with Crippen LogP contribution in [0.5, 0.6) is 0 Å². The second kappa shape index (κ2) is 9.15. The average Bonchev–Trinajstić information content (AvgIpc) is 3.66. The third-order valence-corrected chi connectivity index (χ3v) is 8.11. The molecule has 1 aliphatic rings. The van der Waals surface area contributed by atoms with E-state index in [0.717, 1.165) is 22.5 Å². The fourth-order valence-electron chi connectivity index (χ4n) is 4.63. The summed E-state index contributed by atoms with van der Waals surface area (Å²) in [5, 5.41) is 12.7. The second-order valence-electron chi connectivity index (χ2n) is 10.4. The number of aromatic nitrogens is 8. The Labute approximate surface area is 224 Å². The van der Waals surface area contributed by atoms with Gasteiger partial charge in [-0.05, 0) is 51.8 Å². The SMILES string of the molecule is CC(C)(C)OC(=O)N1CCC(n2cc(-c3cnc4cnn(S(=O)(=O)c5cnc6cccnn56)c4c3)cn2)CC1. The van der Waals surface area contributed by atoms with Crippen molar-refractivity contribution < 1.29 is 17.9 Å². The molecule has 0 aliphatic carbocycles. The van der Waals surface area contributed by atoms with Crippen molar-refractivity contribution in [3.63, 3.8) is 0 Å². The van der Waals surface area contributed by atoms with Crippen LogP contribution in [0.2, 0.25) is 0 Å². The van der Waals surface area contributed by atoms with E-state index in [1.807, 2.05) is 31.6 Å². The van der Waals surface area contributed by atoms with Gasteiger partial charge < -0.3 is 9.64 Å². The summed E-state index contributed by atoms with van der Waals surface area (Å²) in [7, 11) is -4.10. The Morgan fingerprint density at radius 3 is 2.56 bits per heavy atom. The standard InChI is InChI=1S/C25H27N9O4S/c1-25(2,3)38-24(35)31-9-6-19(7-10-31)32-16-18(13-29-32)17-11-21-20(26-12-17)14-30-34(21)39(36,37)23-15-27-22-5-4-8-28-33(22)23/h4-5,8,11-16,19H,6-7,9-10H2,1-3H3. The number of likely N-dealkylation sites (tertiary alicyclic amines) is 1. The van der Waals surface area contributed by atoms with Gasteiger partial charge in [0.2, 0.25) is 0 Å². The van der Waals surface area contributed by atoms with Crippen LogP contribution in [0.3, 0.4) is 0 Å². The maximum absolute atomic E-state index is 13.5. The first-order valence-corrected chi connectivity index (χ1v) is 13.9. The van der Waals surface area contributed by atoms with Crippen LogP contribution in [0.4, 0.5) is 4.79 Å². The molecule has 1 saturated heterocycles. The highest BCUT2D eigenvalue weighted by molar-refractivity contribution is 7.90. The lowest BCUT2D eigenvalue weighted by atomic mass is 10.1. The number of carbonyl (C=O) groups is 1. The van der Waals surface area contributed by atoms with Crippen molar-refractivity contribution in [1.82, 2.24) is 43.4 Å². The van der Waals surface area contributed by atoms with Crippen LogP contribution in [-0.2, 0) is 14.8 Å². The quantitative estimate of drug-likeness (QED) is 0.330. The fourth-order valence-corrected chi connectivity index (χ4v) is 5.93. The van der Waals surface area contributed by atoms with Crippen LogP contribution in [0.25, 0.3) is 27.8 Å². The number of piperidine rings is 1. The summed E-state index contributed by atoms with van der Waals surface area (Å²) in [6.45, 7) is 6.73. The van der Waals surface area contributed by atoms with Crippen molar-refractivity contribution in [2.24, 2.45) is 0 Å². The molecule has 39 heavy (non-hydrogen) atoms. The van der Waals surface area contributed by atoms with Crippen molar-refractivity contribution in [2.75, 3.05) is 13.1 Å². The van der Waals surface area contributed by atoms with Gasteiger partial charge in [-0.15, -0.1) is 0 Å². The molecular formula is C25H27N9O4S. The first-order valence-electron chi connectivity index (χ1n) is 12.5. The molecule has 0 N–H and O–H groups in total. The van der Waals surface area contributed by atoms with E-state index >= 15 is 0 Å². The molecule has 202 valence electrons. The van der Waals surface area contributed by atoms with Crippen LogP contribution in [0.1, 0.15) is 39.7 Å². The van der Waals surface area contributed by atoms with Crippen molar-refractivity contribution in [2.45, 2.75) is 50.3 Å². The molecule has 1 amide bonds. The fraction of sp³-hybridized carbons (Fsp3) is 0.360. The molecule has 1 aliphatic heterocycles. The minimum absolute atomic E-state index is 0.0981. The number of rotatable bonds is 4. The summed E-state index contributed by atoms with van der Waals surface area (Å²) >= 11 is 0. The zero-order valence-corrected chi connectivity index (χ0v) is 22.5. The summed E-state index contributed by atoms with van der Waals surface area (Å²) in [6, 6.07) is 5.22. The Kier molecular flexibility index (Phi) is 5.86. The molecule has 0 radical (unpaired) electrons. The minimum Gasteiger partial charge on any atom is -0.444 e. The van der Waals surface area contributed by atoms with Crippen molar-refractivity contribution in [3.05, 3.63) is 55.4 Å².